The van der Waals surface area contributed by atoms with Gasteiger partial charge in [0.15, 0.2) is 0 Å². The van der Waals surface area contributed by atoms with Gasteiger partial charge in [-0.15, -0.1) is 0 Å². The summed E-state index contributed by atoms with van der Waals surface area (Å²) in [6.07, 6.45) is 11.5. The molecule has 1 aliphatic rings. The highest BCUT2D eigenvalue weighted by Crippen LogP contribution is 2.29. The number of carbonyl (C=O) groups is 2. The summed E-state index contributed by atoms with van der Waals surface area (Å²) < 4.78 is 8.40. The molecule has 7 nitrogen and oxygen atoms in total. The molecule has 0 saturated heterocycles. The Bertz CT molecular complexity index is 699. The molecule has 0 bridgehead atoms. The first-order chi connectivity index (χ1) is 11.6. The molecule has 1 amide bonds. The molecule has 2 aromatic rings. The van der Waals surface area contributed by atoms with Gasteiger partial charge in [0.25, 0.3) is 0 Å². The van der Waals surface area contributed by atoms with Crippen molar-refractivity contribution in [2.24, 2.45) is 0 Å². The Kier molecular flexibility index (Phi) is 4.69. The molecular weight excluding hydrogens is 308 g/mol. The summed E-state index contributed by atoms with van der Waals surface area (Å²) in [6.45, 7) is 0.0695. The van der Waals surface area contributed by atoms with Crippen LogP contribution in [0.4, 0.5) is 0 Å². The summed E-state index contributed by atoms with van der Waals surface area (Å²) in [5.41, 5.74) is -0.00585. The second-order valence-electron chi connectivity index (χ2n) is 6.17. The van der Waals surface area contributed by atoms with Crippen LogP contribution in [0.15, 0.2) is 36.9 Å². The molecular formula is C17H22N4O3. The molecule has 24 heavy (non-hydrogen) atoms. The maximum atomic E-state index is 12.4. The number of aromatic nitrogens is 3. The zero-order chi connectivity index (χ0) is 17.0. The molecule has 1 saturated carbocycles. The van der Waals surface area contributed by atoms with Crippen LogP contribution in [0.2, 0.25) is 0 Å². The predicted molar refractivity (Wildman–Crippen MR) is 87.5 cm³/mol. The lowest BCUT2D eigenvalue weighted by Crippen LogP contribution is -2.56. The zero-order valence-electron chi connectivity index (χ0n) is 13.8. The lowest BCUT2D eigenvalue weighted by atomic mass is 9.81. The van der Waals surface area contributed by atoms with Crippen molar-refractivity contribution in [3.8, 4) is 5.69 Å². The molecule has 0 unspecified atom stereocenters. The summed E-state index contributed by atoms with van der Waals surface area (Å²) in [7, 11) is 1.36. The summed E-state index contributed by atoms with van der Waals surface area (Å²) in [5.74, 6) is -0.589. The zero-order valence-corrected chi connectivity index (χ0v) is 13.8. The van der Waals surface area contributed by atoms with E-state index < -0.39 is 5.54 Å². The highest BCUT2D eigenvalue weighted by atomic mass is 16.5. The van der Waals surface area contributed by atoms with Crippen LogP contribution < -0.4 is 5.32 Å². The van der Waals surface area contributed by atoms with Crippen LogP contribution in [0.3, 0.4) is 0 Å². The first-order valence-corrected chi connectivity index (χ1v) is 8.18. The van der Waals surface area contributed by atoms with Crippen LogP contribution >= 0.6 is 0 Å². The second-order valence-corrected chi connectivity index (χ2v) is 6.17. The number of methoxy groups -OCH3 is 1. The highest BCUT2D eigenvalue weighted by molar-refractivity contribution is 5.88. The maximum Gasteiger partial charge on any atom is 0.331 e. The fourth-order valence-electron chi connectivity index (χ4n) is 3.26. The lowest BCUT2D eigenvalue weighted by Gasteiger charge is -2.35. The number of rotatable bonds is 5. The van der Waals surface area contributed by atoms with E-state index >= 15 is 0 Å². The van der Waals surface area contributed by atoms with Crippen LogP contribution in [-0.2, 0) is 20.9 Å². The van der Waals surface area contributed by atoms with Crippen molar-refractivity contribution in [3.63, 3.8) is 0 Å². The Labute approximate surface area is 140 Å². The number of esters is 1. The highest BCUT2D eigenvalue weighted by Gasteiger charge is 2.41. The molecule has 2 heterocycles. The number of hydrogen-bond donors (Lipinski definition) is 1. The van der Waals surface area contributed by atoms with Crippen molar-refractivity contribution in [2.45, 2.75) is 44.2 Å². The molecule has 0 spiro atoms. The number of carbonyl (C=O) groups excluding carboxylic acids is 2. The van der Waals surface area contributed by atoms with Gasteiger partial charge in [0.1, 0.15) is 12.1 Å². The Balaban J connectivity index is 1.67. The van der Waals surface area contributed by atoms with E-state index in [1.165, 1.54) is 7.11 Å². The van der Waals surface area contributed by atoms with Crippen molar-refractivity contribution in [1.82, 2.24) is 19.7 Å². The normalized spacial score (nSPS) is 16.5. The Morgan fingerprint density at radius 2 is 1.96 bits per heavy atom. The SMILES string of the molecule is COC(=O)C1(NC(=O)Cn2cc(-n3cccc3)cn2)CCCCC1. The van der Waals surface area contributed by atoms with Gasteiger partial charge in [0.2, 0.25) is 5.91 Å². The fraction of sp³-hybridized carbons (Fsp3) is 0.471. The number of nitrogens with zero attached hydrogens (tertiary/aromatic N) is 3. The first-order valence-electron chi connectivity index (χ1n) is 8.18. The number of nitrogens with one attached hydrogen (secondary N) is 1. The van der Waals surface area contributed by atoms with Crippen molar-refractivity contribution >= 4 is 11.9 Å². The Hall–Kier alpha value is -2.57. The predicted octanol–water partition coefficient (Wildman–Crippen LogP) is 1.67. The average Bonchev–Trinajstić information content (AvgIpc) is 3.26. The van der Waals surface area contributed by atoms with Gasteiger partial charge >= 0.3 is 5.97 Å². The van der Waals surface area contributed by atoms with E-state index in [-0.39, 0.29) is 18.4 Å². The molecule has 2 aromatic heterocycles. The average molecular weight is 330 g/mol. The standard InChI is InChI=1S/C17H22N4O3/c1-24-16(23)17(7-3-2-4-8-17)19-15(22)13-21-12-14(11-18-21)20-9-5-6-10-20/h5-6,9-12H,2-4,7-8,13H2,1H3,(H,19,22). The number of amides is 1. The van der Waals surface area contributed by atoms with E-state index in [0.29, 0.717) is 12.8 Å². The van der Waals surface area contributed by atoms with Crippen molar-refractivity contribution in [2.75, 3.05) is 7.11 Å². The van der Waals surface area contributed by atoms with Crippen LogP contribution in [0.25, 0.3) is 5.69 Å². The van der Waals surface area contributed by atoms with Gasteiger partial charge in [-0.2, -0.15) is 5.10 Å². The van der Waals surface area contributed by atoms with Crippen molar-refractivity contribution in [3.05, 3.63) is 36.9 Å². The van der Waals surface area contributed by atoms with Gasteiger partial charge in [0.05, 0.1) is 19.0 Å². The summed E-state index contributed by atoms with van der Waals surface area (Å²) >= 11 is 0. The van der Waals surface area contributed by atoms with Gasteiger partial charge in [-0.1, -0.05) is 19.3 Å². The van der Waals surface area contributed by atoms with Crippen LogP contribution in [0.5, 0.6) is 0 Å². The van der Waals surface area contributed by atoms with Gasteiger partial charge in [-0.25, -0.2) is 4.79 Å². The minimum atomic E-state index is -0.888. The lowest BCUT2D eigenvalue weighted by molar-refractivity contribution is -0.152. The minimum absolute atomic E-state index is 0.0695. The topological polar surface area (TPSA) is 78.1 Å². The Morgan fingerprint density at radius 1 is 1.25 bits per heavy atom. The fourth-order valence-corrected chi connectivity index (χ4v) is 3.26. The smallest absolute Gasteiger partial charge is 0.331 e. The van der Waals surface area contributed by atoms with Crippen LogP contribution in [0.1, 0.15) is 32.1 Å². The molecule has 0 radical (unpaired) electrons. The van der Waals surface area contributed by atoms with E-state index in [1.807, 2.05) is 29.1 Å². The quantitative estimate of drug-likeness (QED) is 0.846. The van der Waals surface area contributed by atoms with Crippen molar-refractivity contribution in [1.29, 1.82) is 0 Å². The molecule has 3 rings (SSSR count). The third kappa shape index (κ3) is 3.34. The molecule has 0 atom stereocenters. The van der Waals surface area contributed by atoms with Gasteiger partial charge < -0.3 is 14.6 Å². The monoisotopic (exact) mass is 330 g/mol. The number of ether oxygens (including phenoxy) is 1. The van der Waals surface area contributed by atoms with Crippen LogP contribution in [-0.4, -0.2) is 38.9 Å². The van der Waals surface area contributed by atoms with E-state index in [9.17, 15) is 9.59 Å². The second kappa shape index (κ2) is 6.90. The van der Waals surface area contributed by atoms with Gasteiger partial charge in [-0.3, -0.25) is 9.48 Å². The molecule has 128 valence electrons. The van der Waals surface area contributed by atoms with Crippen LogP contribution in [0, 0.1) is 0 Å². The largest absolute Gasteiger partial charge is 0.467 e. The number of hydrogen-bond acceptors (Lipinski definition) is 4. The molecule has 0 aromatic carbocycles. The Morgan fingerprint density at radius 3 is 2.62 bits per heavy atom. The molecule has 1 fully saturated rings. The summed E-state index contributed by atoms with van der Waals surface area (Å²) in [6, 6.07) is 3.85. The summed E-state index contributed by atoms with van der Waals surface area (Å²) in [5, 5.41) is 7.11. The van der Waals surface area contributed by atoms with Gasteiger partial charge in [0, 0.05) is 18.6 Å². The van der Waals surface area contributed by atoms with E-state index in [1.54, 1.807) is 17.1 Å². The van der Waals surface area contributed by atoms with E-state index in [4.69, 9.17) is 4.74 Å². The third-order valence-corrected chi connectivity index (χ3v) is 4.49. The molecule has 0 aliphatic heterocycles. The van der Waals surface area contributed by atoms with Gasteiger partial charge in [-0.05, 0) is 25.0 Å². The maximum absolute atomic E-state index is 12.4. The first kappa shape index (κ1) is 16.3. The molecule has 7 heteroatoms. The molecule has 1 N–H and O–H groups in total. The third-order valence-electron chi connectivity index (χ3n) is 4.49. The van der Waals surface area contributed by atoms with E-state index in [2.05, 4.69) is 10.4 Å². The summed E-state index contributed by atoms with van der Waals surface area (Å²) in [4.78, 5) is 24.6. The van der Waals surface area contributed by atoms with E-state index in [0.717, 1.165) is 24.9 Å². The molecule has 1 aliphatic carbocycles. The van der Waals surface area contributed by atoms with Crippen molar-refractivity contribution < 1.29 is 14.3 Å². The minimum Gasteiger partial charge on any atom is -0.467 e.